The first kappa shape index (κ1) is 12.1. The van der Waals surface area contributed by atoms with Gasteiger partial charge in [-0.15, -0.1) is 0 Å². The molecule has 0 saturated heterocycles. The lowest BCUT2D eigenvalue weighted by Gasteiger charge is -2.05. The van der Waals surface area contributed by atoms with E-state index in [4.69, 9.17) is 0 Å². The number of H-pyrrole nitrogens is 1. The number of aromatic nitrogens is 4. The number of aromatic amines is 1. The summed E-state index contributed by atoms with van der Waals surface area (Å²) >= 11 is 4.64. The van der Waals surface area contributed by atoms with Gasteiger partial charge in [0.15, 0.2) is 5.16 Å². The summed E-state index contributed by atoms with van der Waals surface area (Å²) < 4.78 is 0.735. The highest BCUT2D eigenvalue weighted by molar-refractivity contribution is 9.10. The van der Waals surface area contributed by atoms with Crippen molar-refractivity contribution in [2.45, 2.75) is 10.2 Å². The Morgan fingerprint density at radius 3 is 2.94 bits per heavy atom. The van der Waals surface area contributed by atoms with Gasteiger partial charge in [0.25, 0.3) is 5.56 Å². The Labute approximate surface area is 109 Å². The number of halogens is 1. The van der Waals surface area contributed by atoms with Crippen molar-refractivity contribution in [1.29, 1.82) is 0 Å². The summed E-state index contributed by atoms with van der Waals surface area (Å²) in [6, 6.07) is 1.36. The smallest absolute Gasteiger partial charge is 0.251 e. The molecule has 0 aliphatic heterocycles. The van der Waals surface area contributed by atoms with Gasteiger partial charge in [-0.25, -0.2) is 15.0 Å². The maximum Gasteiger partial charge on any atom is 0.251 e. The van der Waals surface area contributed by atoms with Crippen molar-refractivity contribution in [2.24, 2.45) is 0 Å². The second-order valence-corrected chi connectivity index (χ2v) is 4.70. The minimum absolute atomic E-state index is 0.193. The van der Waals surface area contributed by atoms with Crippen molar-refractivity contribution in [3.8, 4) is 0 Å². The standard InChI is InChI=1S/C9H8BrN5OS/c1-11-7-6(10)8(14-4-13-7)17-9-12-3-2-5(16)15-9/h2-4H,1H3,(H,11,13,14)(H,12,15,16). The van der Waals surface area contributed by atoms with E-state index in [1.165, 1.54) is 30.4 Å². The van der Waals surface area contributed by atoms with Crippen LogP contribution in [0.5, 0.6) is 0 Å². The van der Waals surface area contributed by atoms with Gasteiger partial charge in [0.05, 0.1) is 4.47 Å². The van der Waals surface area contributed by atoms with Gasteiger partial charge in [-0.2, -0.15) is 0 Å². The molecular weight excluding hydrogens is 306 g/mol. The summed E-state index contributed by atoms with van der Waals surface area (Å²) in [6.07, 6.45) is 2.90. The first-order valence-corrected chi connectivity index (χ1v) is 6.23. The lowest BCUT2D eigenvalue weighted by molar-refractivity contribution is 0.927. The van der Waals surface area contributed by atoms with Crippen LogP contribution in [0.15, 0.2) is 38.0 Å². The minimum Gasteiger partial charge on any atom is -0.372 e. The Bertz CT molecular complexity index is 588. The normalized spacial score (nSPS) is 10.2. The fourth-order valence-electron chi connectivity index (χ4n) is 1.09. The third kappa shape index (κ3) is 2.83. The summed E-state index contributed by atoms with van der Waals surface area (Å²) in [5.41, 5.74) is -0.193. The number of nitrogens with one attached hydrogen (secondary N) is 2. The highest BCUT2D eigenvalue weighted by Gasteiger charge is 2.10. The molecule has 0 bridgehead atoms. The number of hydrogen-bond donors (Lipinski definition) is 2. The Kier molecular flexibility index (Phi) is 3.75. The minimum atomic E-state index is -0.193. The second kappa shape index (κ2) is 5.28. The molecule has 0 unspecified atom stereocenters. The molecule has 0 aromatic carbocycles. The van der Waals surface area contributed by atoms with Gasteiger partial charge >= 0.3 is 0 Å². The molecule has 0 fully saturated rings. The average Bonchev–Trinajstić information content (AvgIpc) is 2.32. The quantitative estimate of drug-likeness (QED) is 0.660. The molecule has 2 rings (SSSR count). The zero-order valence-corrected chi connectivity index (χ0v) is 11.2. The van der Waals surface area contributed by atoms with Crippen LogP contribution in [-0.2, 0) is 0 Å². The monoisotopic (exact) mass is 313 g/mol. The summed E-state index contributed by atoms with van der Waals surface area (Å²) in [4.78, 5) is 25.9. The zero-order chi connectivity index (χ0) is 12.3. The third-order valence-electron chi connectivity index (χ3n) is 1.84. The molecule has 0 aliphatic rings. The molecule has 0 atom stereocenters. The third-order valence-corrected chi connectivity index (χ3v) is 3.75. The van der Waals surface area contributed by atoms with Gasteiger partial charge in [-0.3, -0.25) is 4.79 Å². The van der Waals surface area contributed by atoms with E-state index in [2.05, 4.69) is 41.2 Å². The van der Waals surface area contributed by atoms with Crippen molar-refractivity contribution in [3.63, 3.8) is 0 Å². The molecule has 0 amide bonds. The summed E-state index contributed by atoms with van der Waals surface area (Å²) in [5, 5.41) is 4.09. The molecule has 8 heteroatoms. The van der Waals surface area contributed by atoms with E-state index in [1.54, 1.807) is 7.05 Å². The van der Waals surface area contributed by atoms with Gasteiger partial charge in [0.1, 0.15) is 17.2 Å². The first-order valence-electron chi connectivity index (χ1n) is 4.62. The van der Waals surface area contributed by atoms with Crippen LogP contribution in [0.3, 0.4) is 0 Å². The Morgan fingerprint density at radius 1 is 1.41 bits per heavy atom. The van der Waals surface area contributed by atoms with E-state index in [0.29, 0.717) is 16.0 Å². The van der Waals surface area contributed by atoms with Crippen molar-refractivity contribution in [3.05, 3.63) is 33.4 Å². The Balaban J connectivity index is 2.33. The summed E-state index contributed by atoms with van der Waals surface area (Å²) in [7, 11) is 1.77. The van der Waals surface area contributed by atoms with Crippen molar-refractivity contribution in [1.82, 2.24) is 19.9 Å². The topological polar surface area (TPSA) is 83.6 Å². The molecule has 6 nitrogen and oxygen atoms in total. The lowest BCUT2D eigenvalue weighted by Crippen LogP contribution is -2.05. The molecule has 2 N–H and O–H groups in total. The molecule has 0 spiro atoms. The number of nitrogens with zero attached hydrogens (tertiary/aromatic N) is 3. The maximum absolute atomic E-state index is 11.1. The van der Waals surface area contributed by atoms with E-state index >= 15 is 0 Å². The zero-order valence-electron chi connectivity index (χ0n) is 8.77. The van der Waals surface area contributed by atoms with E-state index < -0.39 is 0 Å². The van der Waals surface area contributed by atoms with Crippen molar-refractivity contribution >= 4 is 33.5 Å². The van der Waals surface area contributed by atoms with E-state index in [-0.39, 0.29) is 5.56 Å². The van der Waals surface area contributed by atoms with Crippen LogP contribution >= 0.6 is 27.7 Å². The van der Waals surface area contributed by atoms with Crippen molar-refractivity contribution < 1.29 is 0 Å². The van der Waals surface area contributed by atoms with Gasteiger partial charge in [-0.05, 0) is 27.7 Å². The Morgan fingerprint density at radius 2 is 2.24 bits per heavy atom. The first-order chi connectivity index (χ1) is 8.20. The van der Waals surface area contributed by atoms with Crippen LogP contribution in [0.25, 0.3) is 0 Å². The molecule has 2 aromatic rings. The molecule has 17 heavy (non-hydrogen) atoms. The largest absolute Gasteiger partial charge is 0.372 e. The summed E-state index contributed by atoms with van der Waals surface area (Å²) in [5.74, 6) is 0.681. The van der Waals surface area contributed by atoms with Crippen LogP contribution in [0.2, 0.25) is 0 Å². The van der Waals surface area contributed by atoms with Gasteiger partial charge in [-0.1, -0.05) is 0 Å². The highest BCUT2D eigenvalue weighted by atomic mass is 79.9. The molecule has 2 heterocycles. The van der Waals surface area contributed by atoms with Gasteiger partial charge in [0, 0.05) is 19.3 Å². The second-order valence-electron chi connectivity index (χ2n) is 2.93. The fourth-order valence-corrected chi connectivity index (χ4v) is 2.47. The predicted molar refractivity (Wildman–Crippen MR) is 68.3 cm³/mol. The van der Waals surface area contributed by atoms with Gasteiger partial charge in [0.2, 0.25) is 0 Å². The van der Waals surface area contributed by atoms with E-state index in [0.717, 1.165) is 4.47 Å². The molecule has 0 saturated carbocycles. The molecule has 0 radical (unpaired) electrons. The van der Waals surface area contributed by atoms with Crippen LogP contribution in [0.4, 0.5) is 5.82 Å². The molecule has 88 valence electrons. The summed E-state index contributed by atoms with van der Waals surface area (Å²) in [6.45, 7) is 0. The van der Waals surface area contributed by atoms with Crippen LogP contribution < -0.4 is 10.9 Å². The maximum atomic E-state index is 11.1. The number of anilines is 1. The highest BCUT2D eigenvalue weighted by Crippen LogP contribution is 2.32. The van der Waals surface area contributed by atoms with Crippen LogP contribution in [0, 0.1) is 0 Å². The lowest BCUT2D eigenvalue weighted by atomic mass is 10.6. The van der Waals surface area contributed by atoms with Crippen molar-refractivity contribution in [2.75, 3.05) is 12.4 Å². The predicted octanol–water partition coefficient (Wildman–Crippen LogP) is 1.52. The molecule has 0 aliphatic carbocycles. The number of rotatable bonds is 3. The molecular formula is C9H8BrN5OS. The number of hydrogen-bond acceptors (Lipinski definition) is 6. The molecule has 2 aromatic heterocycles. The van der Waals surface area contributed by atoms with E-state index in [1.807, 2.05) is 0 Å². The SMILES string of the molecule is CNc1ncnc(Sc2nccc(=O)[nH]2)c1Br. The van der Waals surface area contributed by atoms with Crippen LogP contribution in [-0.4, -0.2) is 27.0 Å². The van der Waals surface area contributed by atoms with Gasteiger partial charge < -0.3 is 10.3 Å². The van der Waals surface area contributed by atoms with E-state index in [9.17, 15) is 4.79 Å². The average molecular weight is 314 g/mol. The van der Waals surface area contributed by atoms with Crippen LogP contribution in [0.1, 0.15) is 0 Å². The Hall–Kier alpha value is -1.41. The fraction of sp³-hybridized carbons (Fsp3) is 0.111.